The lowest BCUT2D eigenvalue weighted by Gasteiger charge is -2.28. The molecule has 7 N–H and O–H groups in total. The number of carbonyl (C=O) groups excluding carboxylic acids is 1. The summed E-state index contributed by atoms with van der Waals surface area (Å²) in [7, 11) is 0. The summed E-state index contributed by atoms with van der Waals surface area (Å²) in [6.45, 7) is -1.80. The Morgan fingerprint density at radius 2 is 1.95 bits per heavy atom. The summed E-state index contributed by atoms with van der Waals surface area (Å²) < 4.78 is 0. The lowest BCUT2D eigenvalue weighted by atomic mass is 10.0. The molecule has 1 amide bonds. The summed E-state index contributed by atoms with van der Waals surface area (Å²) in [4.78, 5) is 12.2. The number of anilines is 1. The van der Waals surface area contributed by atoms with Crippen LogP contribution in [0.15, 0.2) is 18.2 Å². The van der Waals surface area contributed by atoms with E-state index in [0.717, 1.165) is 0 Å². The summed E-state index contributed by atoms with van der Waals surface area (Å²) in [6, 6.07) is 4.94. The third kappa shape index (κ3) is 2.44. The Balaban J connectivity index is 2.34. The third-order valence-electron chi connectivity index (χ3n) is 3.09. The van der Waals surface area contributed by atoms with Crippen molar-refractivity contribution in [2.45, 2.75) is 5.54 Å². The molecule has 1 aromatic carbocycles. The van der Waals surface area contributed by atoms with Gasteiger partial charge in [-0.15, -0.1) is 0 Å². The maximum Gasteiger partial charge on any atom is 0.273 e. The second kappa shape index (κ2) is 5.45. The smallest absolute Gasteiger partial charge is 0.273 e. The molecular weight excluding hydrogens is 264 g/mol. The van der Waals surface area contributed by atoms with Crippen LogP contribution < -0.4 is 11.1 Å². The zero-order chi connectivity index (χ0) is 14.8. The second-order valence-corrected chi connectivity index (χ2v) is 4.59. The van der Waals surface area contributed by atoms with Crippen molar-refractivity contribution in [1.29, 1.82) is 0 Å². The van der Waals surface area contributed by atoms with Crippen molar-refractivity contribution in [3.8, 4) is 0 Å². The van der Waals surface area contributed by atoms with E-state index < -0.39 is 31.3 Å². The molecule has 108 valence electrons. The van der Waals surface area contributed by atoms with Gasteiger partial charge in [0.25, 0.3) is 5.91 Å². The zero-order valence-electron chi connectivity index (χ0n) is 10.6. The molecule has 1 aromatic heterocycles. The number of nitrogens with one attached hydrogen (secondary N) is 2. The van der Waals surface area contributed by atoms with Crippen LogP contribution in [0.5, 0.6) is 0 Å². The molecule has 8 heteroatoms. The first-order valence-corrected chi connectivity index (χ1v) is 5.94. The summed E-state index contributed by atoms with van der Waals surface area (Å²) in [5.74, 6) is -0.626. The van der Waals surface area contributed by atoms with E-state index in [2.05, 4.69) is 15.5 Å². The standard InChI is InChI=1S/C12H16N4O4/c13-7-1-2-9-8(3-7)10(16-15-9)11(20)14-12(4-17,5-18)6-19/h1-3,17-19H,4-6,13H2,(H,14,20)(H,15,16). The Morgan fingerprint density at radius 3 is 2.55 bits per heavy atom. The summed E-state index contributed by atoms with van der Waals surface area (Å²) in [6.07, 6.45) is 0. The first-order chi connectivity index (χ1) is 9.55. The molecule has 0 atom stereocenters. The average molecular weight is 280 g/mol. The van der Waals surface area contributed by atoms with Crippen LogP contribution in [0.4, 0.5) is 5.69 Å². The molecule has 0 fully saturated rings. The fourth-order valence-corrected chi connectivity index (χ4v) is 1.77. The topological polar surface area (TPSA) is 144 Å². The summed E-state index contributed by atoms with van der Waals surface area (Å²) in [5, 5.41) is 37.1. The molecule has 0 radical (unpaired) electrons. The van der Waals surface area contributed by atoms with Crippen molar-refractivity contribution >= 4 is 22.5 Å². The van der Waals surface area contributed by atoms with Crippen LogP contribution in [-0.4, -0.2) is 56.8 Å². The van der Waals surface area contributed by atoms with Gasteiger partial charge in [0, 0.05) is 11.1 Å². The Kier molecular flexibility index (Phi) is 3.89. The Morgan fingerprint density at radius 1 is 1.30 bits per heavy atom. The monoisotopic (exact) mass is 280 g/mol. The number of aliphatic hydroxyl groups is 3. The number of aliphatic hydroxyl groups excluding tert-OH is 3. The van der Waals surface area contributed by atoms with Gasteiger partial charge in [-0.2, -0.15) is 5.10 Å². The summed E-state index contributed by atoms with van der Waals surface area (Å²) in [5.41, 5.74) is 5.35. The number of hydrogen-bond donors (Lipinski definition) is 6. The first kappa shape index (κ1) is 14.3. The zero-order valence-corrected chi connectivity index (χ0v) is 10.6. The van der Waals surface area contributed by atoms with Crippen molar-refractivity contribution < 1.29 is 20.1 Å². The van der Waals surface area contributed by atoms with Crippen molar-refractivity contribution in [3.63, 3.8) is 0 Å². The fraction of sp³-hybridized carbons (Fsp3) is 0.333. The normalized spacial score (nSPS) is 11.8. The molecule has 0 aliphatic rings. The van der Waals surface area contributed by atoms with Crippen LogP contribution in [0, 0.1) is 0 Å². The van der Waals surface area contributed by atoms with Gasteiger partial charge in [0.15, 0.2) is 5.69 Å². The minimum atomic E-state index is -1.50. The maximum absolute atomic E-state index is 12.2. The molecule has 2 aromatic rings. The minimum Gasteiger partial charge on any atom is -0.399 e. The van der Waals surface area contributed by atoms with Gasteiger partial charge in [-0.05, 0) is 18.2 Å². The van der Waals surface area contributed by atoms with Gasteiger partial charge in [-0.3, -0.25) is 9.89 Å². The number of benzene rings is 1. The Labute approximate surface area is 114 Å². The SMILES string of the molecule is Nc1ccc2[nH]nc(C(=O)NC(CO)(CO)CO)c2c1. The number of nitrogen functional groups attached to an aromatic ring is 1. The number of carbonyl (C=O) groups is 1. The van der Waals surface area contributed by atoms with Crippen molar-refractivity contribution in [2.24, 2.45) is 0 Å². The van der Waals surface area contributed by atoms with E-state index in [0.29, 0.717) is 16.6 Å². The number of rotatable bonds is 5. The van der Waals surface area contributed by atoms with Crippen LogP contribution >= 0.6 is 0 Å². The molecule has 0 saturated carbocycles. The van der Waals surface area contributed by atoms with Crippen molar-refractivity contribution in [3.05, 3.63) is 23.9 Å². The number of nitrogens with zero attached hydrogens (tertiary/aromatic N) is 1. The van der Waals surface area contributed by atoms with Gasteiger partial charge in [-0.1, -0.05) is 0 Å². The average Bonchev–Trinajstić information content (AvgIpc) is 2.88. The number of fused-ring (bicyclic) bond motifs is 1. The maximum atomic E-state index is 12.2. The minimum absolute atomic E-state index is 0.0759. The lowest BCUT2D eigenvalue weighted by Crippen LogP contribution is -2.57. The largest absolute Gasteiger partial charge is 0.399 e. The Bertz CT molecular complexity index is 613. The quantitative estimate of drug-likeness (QED) is 0.371. The van der Waals surface area contributed by atoms with Crippen LogP contribution in [0.2, 0.25) is 0 Å². The molecular formula is C12H16N4O4. The van der Waals surface area contributed by atoms with Gasteiger partial charge >= 0.3 is 0 Å². The highest BCUT2D eigenvalue weighted by molar-refractivity contribution is 6.05. The predicted molar refractivity (Wildman–Crippen MR) is 72.0 cm³/mol. The lowest BCUT2D eigenvalue weighted by molar-refractivity contribution is 0.0374. The third-order valence-corrected chi connectivity index (χ3v) is 3.09. The molecule has 0 unspecified atom stereocenters. The van der Waals surface area contributed by atoms with E-state index in [1.165, 1.54) is 0 Å². The van der Waals surface area contributed by atoms with E-state index in [9.17, 15) is 20.1 Å². The van der Waals surface area contributed by atoms with Gasteiger partial charge in [0.2, 0.25) is 0 Å². The van der Waals surface area contributed by atoms with E-state index in [-0.39, 0.29) is 5.69 Å². The molecule has 0 aliphatic carbocycles. The van der Waals surface area contributed by atoms with Crippen LogP contribution in [0.25, 0.3) is 10.9 Å². The molecule has 1 heterocycles. The fourth-order valence-electron chi connectivity index (χ4n) is 1.77. The van der Waals surface area contributed by atoms with Crippen LogP contribution in [0.3, 0.4) is 0 Å². The van der Waals surface area contributed by atoms with Crippen molar-refractivity contribution in [2.75, 3.05) is 25.6 Å². The molecule has 20 heavy (non-hydrogen) atoms. The number of aromatic nitrogens is 2. The molecule has 0 aliphatic heterocycles. The Hall–Kier alpha value is -2.16. The number of nitrogens with two attached hydrogens (primary N) is 1. The van der Waals surface area contributed by atoms with Gasteiger partial charge in [0.05, 0.1) is 25.3 Å². The van der Waals surface area contributed by atoms with Gasteiger partial charge < -0.3 is 26.4 Å². The number of aromatic amines is 1. The van der Waals surface area contributed by atoms with Crippen LogP contribution in [-0.2, 0) is 0 Å². The highest BCUT2D eigenvalue weighted by atomic mass is 16.3. The molecule has 8 nitrogen and oxygen atoms in total. The van der Waals surface area contributed by atoms with Gasteiger partial charge in [-0.25, -0.2) is 0 Å². The van der Waals surface area contributed by atoms with E-state index in [1.807, 2.05) is 0 Å². The van der Waals surface area contributed by atoms with E-state index in [4.69, 9.17) is 5.73 Å². The molecule has 0 saturated heterocycles. The summed E-state index contributed by atoms with van der Waals surface area (Å²) >= 11 is 0. The number of hydrogen-bond acceptors (Lipinski definition) is 6. The number of amides is 1. The van der Waals surface area contributed by atoms with E-state index >= 15 is 0 Å². The molecule has 0 spiro atoms. The highest BCUT2D eigenvalue weighted by Crippen LogP contribution is 2.19. The van der Waals surface area contributed by atoms with Crippen molar-refractivity contribution in [1.82, 2.24) is 15.5 Å². The number of H-pyrrole nitrogens is 1. The molecule has 2 rings (SSSR count). The molecule has 0 bridgehead atoms. The van der Waals surface area contributed by atoms with E-state index in [1.54, 1.807) is 18.2 Å². The van der Waals surface area contributed by atoms with Crippen LogP contribution in [0.1, 0.15) is 10.5 Å². The second-order valence-electron chi connectivity index (χ2n) is 4.59. The predicted octanol–water partition coefficient (Wildman–Crippen LogP) is -1.41. The first-order valence-electron chi connectivity index (χ1n) is 5.94. The highest BCUT2D eigenvalue weighted by Gasteiger charge is 2.31. The van der Waals surface area contributed by atoms with Gasteiger partial charge in [0.1, 0.15) is 5.54 Å².